The maximum atomic E-state index is 13.1. The van der Waals surface area contributed by atoms with Crippen LogP contribution in [0.4, 0.5) is 4.79 Å². The lowest BCUT2D eigenvalue weighted by molar-refractivity contribution is -0.144. The number of fused-ring (bicyclic) bond motifs is 1. The van der Waals surface area contributed by atoms with Crippen LogP contribution in [0.15, 0.2) is 42.5 Å². The first-order valence-electron chi connectivity index (χ1n) is 10.9. The number of rotatable bonds is 3. The molecule has 0 N–H and O–H groups in total. The SMILES string of the molecule is CN(C)C(=O)N1CCC(C(=O)N2CCOC(Cc3cccc4ccccc34)C2)CC1. The molecule has 160 valence electrons. The number of carbonyl (C=O) groups is 2. The van der Waals surface area contributed by atoms with Crippen molar-refractivity contribution in [2.75, 3.05) is 46.9 Å². The van der Waals surface area contributed by atoms with Crippen molar-refractivity contribution in [3.8, 4) is 0 Å². The highest BCUT2D eigenvalue weighted by molar-refractivity contribution is 5.85. The van der Waals surface area contributed by atoms with Crippen LogP contribution in [0.2, 0.25) is 0 Å². The molecular formula is C24H31N3O3. The number of piperidine rings is 1. The number of benzene rings is 2. The summed E-state index contributed by atoms with van der Waals surface area (Å²) in [4.78, 5) is 30.7. The molecule has 2 aliphatic heterocycles. The van der Waals surface area contributed by atoms with E-state index in [-0.39, 0.29) is 24.0 Å². The van der Waals surface area contributed by atoms with E-state index in [0.717, 1.165) is 19.3 Å². The first-order valence-corrected chi connectivity index (χ1v) is 10.9. The summed E-state index contributed by atoms with van der Waals surface area (Å²) < 4.78 is 6.02. The predicted octanol–water partition coefficient (Wildman–Crippen LogP) is 3.00. The monoisotopic (exact) mass is 409 g/mol. The van der Waals surface area contributed by atoms with Gasteiger partial charge in [0.1, 0.15) is 0 Å². The quantitative estimate of drug-likeness (QED) is 0.783. The Kier molecular flexibility index (Phi) is 6.23. The molecule has 0 radical (unpaired) electrons. The van der Waals surface area contributed by atoms with Crippen molar-refractivity contribution >= 4 is 22.7 Å². The second kappa shape index (κ2) is 9.04. The topological polar surface area (TPSA) is 53.1 Å². The third-order valence-corrected chi connectivity index (χ3v) is 6.28. The first-order chi connectivity index (χ1) is 14.5. The molecule has 2 heterocycles. The zero-order chi connectivity index (χ0) is 21.1. The predicted molar refractivity (Wildman–Crippen MR) is 117 cm³/mol. The van der Waals surface area contributed by atoms with Gasteiger partial charge in [-0.2, -0.15) is 0 Å². The molecule has 2 aliphatic rings. The molecule has 4 rings (SSSR count). The number of likely N-dealkylation sites (tertiary alicyclic amines) is 1. The van der Waals surface area contributed by atoms with Crippen molar-refractivity contribution in [2.24, 2.45) is 5.92 Å². The van der Waals surface area contributed by atoms with Crippen molar-refractivity contribution < 1.29 is 14.3 Å². The van der Waals surface area contributed by atoms with E-state index in [4.69, 9.17) is 4.74 Å². The molecule has 2 fully saturated rings. The van der Waals surface area contributed by atoms with Crippen LogP contribution in [0.3, 0.4) is 0 Å². The van der Waals surface area contributed by atoms with E-state index in [1.807, 2.05) is 9.80 Å². The van der Waals surface area contributed by atoms with Gasteiger partial charge in [0.15, 0.2) is 0 Å². The van der Waals surface area contributed by atoms with Crippen LogP contribution in [0.1, 0.15) is 18.4 Å². The number of hydrogen-bond acceptors (Lipinski definition) is 3. The molecule has 0 saturated carbocycles. The van der Waals surface area contributed by atoms with Gasteiger partial charge >= 0.3 is 6.03 Å². The molecule has 30 heavy (non-hydrogen) atoms. The van der Waals surface area contributed by atoms with E-state index in [1.54, 1.807) is 19.0 Å². The number of morpholine rings is 1. The fourth-order valence-corrected chi connectivity index (χ4v) is 4.62. The standard InChI is InChI=1S/C24H31N3O3/c1-25(2)24(29)26-12-10-19(11-13-26)23(28)27-14-15-30-21(17-27)16-20-8-5-7-18-6-3-4-9-22(18)20/h3-9,19,21H,10-17H2,1-2H3. The third-order valence-electron chi connectivity index (χ3n) is 6.28. The summed E-state index contributed by atoms with van der Waals surface area (Å²) in [6.07, 6.45) is 2.30. The highest BCUT2D eigenvalue weighted by atomic mass is 16.5. The van der Waals surface area contributed by atoms with Gasteiger partial charge in [0, 0.05) is 52.6 Å². The number of ether oxygens (including phenoxy) is 1. The lowest BCUT2D eigenvalue weighted by Gasteiger charge is -2.38. The van der Waals surface area contributed by atoms with Gasteiger partial charge in [-0.1, -0.05) is 42.5 Å². The van der Waals surface area contributed by atoms with Crippen LogP contribution < -0.4 is 0 Å². The van der Waals surface area contributed by atoms with Crippen LogP contribution in [0.5, 0.6) is 0 Å². The lowest BCUT2D eigenvalue weighted by atomic mass is 9.94. The molecule has 0 spiro atoms. The maximum absolute atomic E-state index is 13.1. The Morgan fingerprint density at radius 1 is 1.00 bits per heavy atom. The van der Waals surface area contributed by atoms with E-state index in [9.17, 15) is 9.59 Å². The van der Waals surface area contributed by atoms with Gasteiger partial charge in [-0.05, 0) is 29.2 Å². The van der Waals surface area contributed by atoms with Crippen molar-refractivity contribution in [1.29, 1.82) is 0 Å². The second-order valence-corrected chi connectivity index (χ2v) is 8.56. The fourth-order valence-electron chi connectivity index (χ4n) is 4.62. The minimum Gasteiger partial charge on any atom is -0.374 e. The Morgan fingerprint density at radius 3 is 2.50 bits per heavy atom. The Morgan fingerprint density at radius 2 is 1.73 bits per heavy atom. The highest BCUT2D eigenvalue weighted by Crippen LogP contribution is 2.24. The summed E-state index contributed by atoms with van der Waals surface area (Å²) in [6, 6.07) is 14.8. The number of carbonyl (C=O) groups excluding carboxylic acids is 2. The minimum absolute atomic E-state index is 0.00696. The molecule has 0 bridgehead atoms. The molecule has 6 heteroatoms. The number of hydrogen-bond donors (Lipinski definition) is 0. The normalized spacial score (nSPS) is 20.4. The van der Waals surface area contributed by atoms with Gasteiger partial charge in [-0.15, -0.1) is 0 Å². The Labute approximate surface area is 178 Å². The maximum Gasteiger partial charge on any atom is 0.319 e. The van der Waals surface area contributed by atoms with E-state index in [1.165, 1.54) is 16.3 Å². The third kappa shape index (κ3) is 4.43. The van der Waals surface area contributed by atoms with Gasteiger partial charge in [0.2, 0.25) is 5.91 Å². The van der Waals surface area contributed by atoms with Gasteiger partial charge in [0.25, 0.3) is 0 Å². The minimum atomic E-state index is 0.00696. The van der Waals surface area contributed by atoms with Crippen molar-refractivity contribution in [2.45, 2.75) is 25.4 Å². The average molecular weight is 410 g/mol. The molecule has 2 aromatic rings. The van der Waals surface area contributed by atoms with Crippen molar-refractivity contribution in [1.82, 2.24) is 14.7 Å². The number of urea groups is 1. The molecular weight excluding hydrogens is 378 g/mol. The molecule has 6 nitrogen and oxygen atoms in total. The fraction of sp³-hybridized carbons (Fsp3) is 0.500. The lowest BCUT2D eigenvalue weighted by Crippen LogP contribution is -2.51. The molecule has 1 unspecified atom stereocenters. The molecule has 0 aliphatic carbocycles. The van der Waals surface area contributed by atoms with E-state index >= 15 is 0 Å². The van der Waals surface area contributed by atoms with Crippen molar-refractivity contribution in [3.05, 3.63) is 48.0 Å². The van der Waals surface area contributed by atoms with Crippen molar-refractivity contribution in [3.63, 3.8) is 0 Å². The summed E-state index contributed by atoms with van der Waals surface area (Å²) >= 11 is 0. The van der Waals surface area contributed by atoms with Gasteiger partial charge in [0.05, 0.1) is 12.7 Å². The Bertz CT molecular complexity index is 900. The number of nitrogens with zero attached hydrogens (tertiary/aromatic N) is 3. The zero-order valence-electron chi connectivity index (χ0n) is 17.9. The Balaban J connectivity index is 1.36. The summed E-state index contributed by atoms with van der Waals surface area (Å²) in [5.74, 6) is 0.227. The Hall–Kier alpha value is -2.60. The second-order valence-electron chi connectivity index (χ2n) is 8.56. The van der Waals surface area contributed by atoms with Crippen LogP contribution in [-0.2, 0) is 16.0 Å². The molecule has 1 atom stereocenters. The zero-order valence-corrected chi connectivity index (χ0v) is 17.9. The number of amides is 3. The average Bonchev–Trinajstić information content (AvgIpc) is 2.78. The van der Waals surface area contributed by atoms with Crippen LogP contribution in [0, 0.1) is 5.92 Å². The molecule has 2 saturated heterocycles. The molecule has 0 aromatic heterocycles. The summed E-state index contributed by atoms with van der Waals surface area (Å²) in [7, 11) is 3.53. The van der Waals surface area contributed by atoms with E-state index in [0.29, 0.717) is 32.8 Å². The first kappa shape index (κ1) is 20.7. The van der Waals surface area contributed by atoms with Gasteiger partial charge in [-0.3, -0.25) is 4.79 Å². The smallest absolute Gasteiger partial charge is 0.319 e. The van der Waals surface area contributed by atoms with Crippen LogP contribution >= 0.6 is 0 Å². The van der Waals surface area contributed by atoms with E-state index in [2.05, 4.69) is 42.5 Å². The molecule has 2 aromatic carbocycles. The largest absolute Gasteiger partial charge is 0.374 e. The van der Waals surface area contributed by atoms with Gasteiger partial charge < -0.3 is 19.4 Å². The highest BCUT2D eigenvalue weighted by Gasteiger charge is 2.33. The summed E-state index contributed by atoms with van der Waals surface area (Å²) in [5, 5.41) is 2.49. The van der Waals surface area contributed by atoms with Gasteiger partial charge in [-0.25, -0.2) is 4.79 Å². The summed E-state index contributed by atoms with van der Waals surface area (Å²) in [6.45, 7) is 3.17. The van der Waals surface area contributed by atoms with Crippen LogP contribution in [0.25, 0.3) is 10.8 Å². The summed E-state index contributed by atoms with van der Waals surface area (Å²) in [5.41, 5.74) is 1.27. The van der Waals surface area contributed by atoms with Crippen LogP contribution in [-0.4, -0.2) is 79.6 Å². The molecule has 3 amide bonds. The van der Waals surface area contributed by atoms with E-state index < -0.39 is 0 Å².